The number of fused-ring (bicyclic) bond motifs is 6. The van der Waals surface area contributed by atoms with Crippen LogP contribution in [0.4, 0.5) is 0 Å². The van der Waals surface area contributed by atoms with Crippen LogP contribution in [-0.4, -0.2) is 5.97 Å². The molecule has 7 nitrogen and oxygen atoms in total. The van der Waals surface area contributed by atoms with Crippen molar-refractivity contribution in [2.45, 2.75) is 31.4 Å². The second-order valence-electron chi connectivity index (χ2n) is 8.65. The van der Waals surface area contributed by atoms with Crippen molar-refractivity contribution in [3.05, 3.63) is 102 Å². The summed E-state index contributed by atoms with van der Waals surface area (Å²) in [6.45, 7) is 10.9. The molecule has 0 N–H and O–H groups in total. The van der Waals surface area contributed by atoms with Crippen LogP contribution in [0.3, 0.4) is 0 Å². The third-order valence-electron chi connectivity index (χ3n) is 6.88. The van der Waals surface area contributed by atoms with Crippen molar-refractivity contribution in [3.63, 3.8) is 0 Å². The van der Waals surface area contributed by atoms with Gasteiger partial charge in [-0.05, 0) is 49.2 Å². The predicted octanol–water partition coefficient (Wildman–Crippen LogP) is 6.79. The van der Waals surface area contributed by atoms with E-state index in [1.165, 1.54) is 6.07 Å². The first-order valence-corrected chi connectivity index (χ1v) is 11.7. The summed E-state index contributed by atoms with van der Waals surface area (Å²) in [5.74, 6) is -1.04. The summed E-state index contributed by atoms with van der Waals surface area (Å²) in [5, 5.41) is 29.0. The first kappa shape index (κ1) is 24.2. The second-order valence-corrected chi connectivity index (χ2v) is 9.46. The number of nitrogens with zero attached hydrogens (tertiary/aromatic N) is 4. The van der Waals surface area contributed by atoms with Crippen molar-refractivity contribution < 1.29 is 14.3 Å². The summed E-state index contributed by atoms with van der Waals surface area (Å²) in [6.07, 6.45) is 0. The molecule has 5 rings (SSSR count). The zero-order valence-corrected chi connectivity index (χ0v) is 20.9. The summed E-state index contributed by atoms with van der Waals surface area (Å²) in [6, 6.07) is 14.6. The van der Waals surface area contributed by atoms with Crippen LogP contribution in [0.1, 0.15) is 61.3 Å². The average Bonchev–Trinajstić information content (AvgIpc) is 3.15. The third-order valence-corrected chi connectivity index (χ3v) is 7.60. The minimum atomic E-state index is -1.48. The summed E-state index contributed by atoms with van der Waals surface area (Å²) < 4.78 is 12.6. The largest absolute Gasteiger partial charge is 0.456 e. The van der Waals surface area contributed by atoms with E-state index in [0.717, 1.165) is 0 Å². The Morgan fingerprint density at radius 2 is 1.46 bits per heavy atom. The first-order chi connectivity index (χ1) is 17.7. The molecule has 0 radical (unpaired) electrons. The van der Waals surface area contributed by atoms with Crippen molar-refractivity contribution in [1.29, 1.82) is 15.8 Å². The molecule has 0 saturated heterocycles. The molecule has 0 saturated carbocycles. The number of hydrogen-bond donors (Lipinski definition) is 0. The second kappa shape index (κ2) is 8.55. The van der Waals surface area contributed by atoms with Crippen molar-refractivity contribution in [2.75, 3.05) is 0 Å². The van der Waals surface area contributed by atoms with E-state index in [4.69, 9.17) is 39.2 Å². The number of ether oxygens (including phenoxy) is 2. The van der Waals surface area contributed by atoms with E-state index in [-0.39, 0.29) is 15.6 Å². The number of benzene rings is 3. The van der Waals surface area contributed by atoms with Gasteiger partial charge in [0.2, 0.25) is 0 Å². The Kier molecular flexibility index (Phi) is 5.58. The fourth-order valence-electron chi connectivity index (χ4n) is 5.08. The van der Waals surface area contributed by atoms with Gasteiger partial charge in [0, 0.05) is 22.3 Å². The molecule has 3 aromatic carbocycles. The summed E-state index contributed by atoms with van der Waals surface area (Å²) in [5.41, 5.74) is 2.12. The Balaban J connectivity index is 1.91. The fraction of sp³-hybridized carbons (Fsp3) is 0.179. The van der Waals surface area contributed by atoms with E-state index >= 15 is 0 Å². The number of carbonyl (C=O) groups is 1. The van der Waals surface area contributed by atoms with E-state index in [9.17, 15) is 20.6 Å². The molecule has 2 aliphatic rings. The Morgan fingerprint density at radius 1 is 0.892 bits per heavy atom. The van der Waals surface area contributed by atoms with Gasteiger partial charge >= 0.3 is 12.0 Å². The number of esters is 1. The lowest BCUT2D eigenvalue weighted by atomic mass is 9.75. The molecule has 37 heavy (non-hydrogen) atoms. The maximum absolute atomic E-state index is 13.2. The topological polar surface area (TPSA) is 111 Å². The molecule has 9 heteroatoms. The molecule has 2 heterocycles. The van der Waals surface area contributed by atoms with Gasteiger partial charge in [-0.15, -0.1) is 0 Å². The average molecular weight is 525 g/mol. The molecule has 2 unspecified atom stereocenters. The Labute approximate surface area is 222 Å². The molecule has 178 valence electrons. The van der Waals surface area contributed by atoms with Crippen LogP contribution in [0.25, 0.3) is 4.85 Å². The van der Waals surface area contributed by atoms with Gasteiger partial charge < -0.3 is 9.47 Å². The van der Waals surface area contributed by atoms with Gasteiger partial charge in [0.1, 0.15) is 11.5 Å². The highest BCUT2D eigenvalue weighted by Gasteiger charge is 2.55. The Hall–Kier alpha value is -4.53. The number of hydrogen-bond acceptors (Lipinski definition) is 6. The van der Waals surface area contributed by atoms with Crippen molar-refractivity contribution >= 4 is 29.2 Å². The van der Waals surface area contributed by atoms with Gasteiger partial charge in [0.25, 0.3) is 0 Å². The van der Waals surface area contributed by atoms with Crippen LogP contribution < -0.4 is 4.74 Å². The van der Waals surface area contributed by atoms with E-state index < -0.39 is 23.5 Å². The zero-order chi connectivity index (χ0) is 26.6. The van der Waals surface area contributed by atoms with E-state index in [0.29, 0.717) is 50.4 Å². The highest BCUT2D eigenvalue weighted by atomic mass is 35.5. The van der Waals surface area contributed by atoms with Gasteiger partial charge in [0.05, 0.1) is 33.3 Å². The predicted molar refractivity (Wildman–Crippen MR) is 133 cm³/mol. The standard InChI is InChI=1S/C28H14Cl2N4O3/c1-13-16(15(10-31)11-32)4-6-19-25(13)36-26-14(2)17(24(12-33)34-3)5-7-20(26)28(19)21-9-23(30)22(29)8-18(21)27(35)37-28/h4-9,15,24H,1-2H3. The lowest BCUT2D eigenvalue weighted by Gasteiger charge is -2.38. The van der Waals surface area contributed by atoms with Gasteiger partial charge in [0.15, 0.2) is 17.6 Å². The molecule has 0 bridgehead atoms. The Bertz CT molecular complexity index is 1600. The van der Waals surface area contributed by atoms with Gasteiger partial charge in [-0.3, -0.25) is 4.85 Å². The summed E-state index contributed by atoms with van der Waals surface area (Å²) >= 11 is 12.6. The van der Waals surface area contributed by atoms with Crippen molar-refractivity contribution in [2.24, 2.45) is 0 Å². The number of carbonyl (C=O) groups excluding carboxylic acids is 1. The molecule has 2 aliphatic heterocycles. The van der Waals surface area contributed by atoms with Gasteiger partial charge in [-0.25, -0.2) is 11.4 Å². The summed E-state index contributed by atoms with van der Waals surface area (Å²) in [4.78, 5) is 16.6. The molecule has 2 atom stereocenters. The normalized spacial score (nSPS) is 17.3. The molecule has 3 aromatic rings. The van der Waals surface area contributed by atoms with Crippen LogP contribution >= 0.6 is 23.2 Å². The van der Waals surface area contributed by atoms with Gasteiger partial charge in [-0.2, -0.15) is 15.8 Å². The SMILES string of the molecule is [C-]#[N+]C(C#N)c1ccc2c(c1C)Oc1c(ccc(C(C#N)C#N)c1C)C21OC(=O)c2cc(Cl)c(Cl)cc21. The maximum atomic E-state index is 13.2. The molecule has 0 fully saturated rings. The number of halogens is 2. The monoisotopic (exact) mass is 524 g/mol. The molecule has 1 spiro atoms. The molecule has 0 amide bonds. The minimum absolute atomic E-state index is 0.194. The van der Waals surface area contributed by atoms with E-state index in [1.807, 2.05) is 18.2 Å². The lowest BCUT2D eigenvalue weighted by molar-refractivity contribution is 0.0223. The van der Waals surface area contributed by atoms with Crippen LogP contribution in [0.5, 0.6) is 11.5 Å². The highest BCUT2D eigenvalue weighted by Crippen LogP contribution is 2.59. The zero-order valence-electron chi connectivity index (χ0n) is 19.4. The first-order valence-electron chi connectivity index (χ1n) is 11.0. The highest BCUT2D eigenvalue weighted by molar-refractivity contribution is 6.42. The van der Waals surface area contributed by atoms with E-state index in [1.54, 1.807) is 44.2 Å². The van der Waals surface area contributed by atoms with Crippen molar-refractivity contribution in [1.82, 2.24) is 0 Å². The molecule has 0 aromatic heterocycles. The van der Waals surface area contributed by atoms with Crippen LogP contribution in [0, 0.1) is 54.4 Å². The van der Waals surface area contributed by atoms with Crippen LogP contribution in [0.2, 0.25) is 10.0 Å². The van der Waals surface area contributed by atoms with Crippen LogP contribution in [0.15, 0.2) is 36.4 Å². The van der Waals surface area contributed by atoms with Crippen LogP contribution in [-0.2, 0) is 10.3 Å². The Morgan fingerprint density at radius 3 is 2.03 bits per heavy atom. The van der Waals surface area contributed by atoms with Gasteiger partial charge in [-0.1, -0.05) is 35.3 Å². The quantitative estimate of drug-likeness (QED) is 0.269. The maximum Gasteiger partial charge on any atom is 0.340 e. The lowest BCUT2D eigenvalue weighted by Crippen LogP contribution is -2.34. The molecule has 0 aliphatic carbocycles. The van der Waals surface area contributed by atoms with Crippen molar-refractivity contribution in [3.8, 4) is 29.7 Å². The minimum Gasteiger partial charge on any atom is -0.456 e. The van der Waals surface area contributed by atoms with E-state index in [2.05, 4.69) is 4.85 Å². The third kappa shape index (κ3) is 3.20. The number of nitriles is 3. The number of rotatable bonds is 2. The molecular formula is C28H14Cl2N4O3. The smallest absolute Gasteiger partial charge is 0.340 e. The fourth-order valence-corrected chi connectivity index (χ4v) is 5.41. The summed E-state index contributed by atoms with van der Waals surface area (Å²) in [7, 11) is 0. The molecular weight excluding hydrogens is 511 g/mol.